The summed E-state index contributed by atoms with van der Waals surface area (Å²) in [7, 11) is 0. The van der Waals surface area contributed by atoms with Gasteiger partial charge < -0.3 is 20.9 Å². The summed E-state index contributed by atoms with van der Waals surface area (Å²) in [5.74, 6) is 1.10. The van der Waals surface area contributed by atoms with Crippen molar-refractivity contribution in [2.24, 2.45) is 0 Å². The van der Waals surface area contributed by atoms with Crippen molar-refractivity contribution >= 4 is 75.1 Å². The second-order valence-electron chi connectivity index (χ2n) is 9.19. The Labute approximate surface area is 257 Å². The quantitative estimate of drug-likeness (QED) is 0.191. The van der Waals surface area contributed by atoms with Gasteiger partial charge in [0.15, 0.2) is 11.5 Å². The predicted molar refractivity (Wildman–Crippen MR) is 163 cm³/mol. The molecule has 4 aromatic rings. The Morgan fingerprint density at radius 2 is 1.05 bits per heavy atom. The highest BCUT2D eigenvalue weighted by molar-refractivity contribution is 9.11. The van der Waals surface area contributed by atoms with E-state index in [1.54, 1.807) is 24.3 Å². The summed E-state index contributed by atoms with van der Waals surface area (Å²) in [5, 5.41) is 0. The van der Waals surface area contributed by atoms with Gasteiger partial charge in [-0.1, -0.05) is 13.8 Å². The molecule has 0 fully saturated rings. The van der Waals surface area contributed by atoms with E-state index in [1.807, 2.05) is 38.1 Å². The van der Waals surface area contributed by atoms with Crippen molar-refractivity contribution in [2.45, 2.75) is 25.4 Å². The zero-order chi connectivity index (χ0) is 28.7. The first-order valence-corrected chi connectivity index (χ1v) is 14.5. The maximum atomic E-state index is 13.6. The van der Waals surface area contributed by atoms with Crippen molar-refractivity contribution in [1.29, 1.82) is 0 Å². The van der Waals surface area contributed by atoms with Crippen LogP contribution in [0.4, 0.5) is 24.5 Å². The first kappa shape index (κ1) is 29.8. The summed E-state index contributed by atoms with van der Waals surface area (Å²) < 4.78 is 55.0. The van der Waals surface area contributed by atoms with Crippen LogP contribution in [0.3, 0.4) is 0 Å². The Bertz CT molecular complexity index is 1500. The Morgan fingerprint density at radius 3 is 1.51 bits per heavy atom. The van der Waals surface area contributed by atoms with Gasteiger partial charge in [0.2, 0.25) is 0 Å². The third kappa shape index (κ3) is 6.58. The molecule has 0 unspecified atom stereocenters. The van der Waals surface area contributed by atoms with Crippen LogP contribution in [0.1, 0.15) is 30.5 Å². The molecule has 0 atom stereocenters. The van der Waals surface area contributed by atoms with Crippen molar-refractivity contribution in [3.8, 4) is 23.0 Å². The van der Waals surface area contributed by atoms with Crippen molar-refractivity contribution in [2.75, 3.05) is 11.5 Å². The number of hydrogen-bond donors (Lipinski definition) is 2. The van der Waals surface area contributed by atoms with Crippen LogP contribution in [0, 0.1) is 0 Å². The molecule has 0 amide bonds. The van der Waals surface area contributed by atoms with Gasteiger partial charge in [0.25, 0.3) is 0 Å². The summed E-state index contributed by atoms with van der Waals surface area (Å²) in [6.07, 6.45) is -4.63. The van der Waals surface area contributed by atoms with Crippen molar-refractivity contribution in [1.82, 2.24) is 0 Å². The maximum Gasteiger partial charge on any atom is 0.420 e. The minimum atomic E-state index is -4.63. The number of hydrogen-bond acceptors (Lipinski definition) is 4. The van der Waals surface area contributed by atoms with Crippen LogP contribution < -0.4 is 20.9 Å². The molecule has 4 nitrogen and oxygen atoms in total. The lowest BCUT2D eigenvalue weighted by atomic mass is 9.78. The monoisotopic (exact) mass is 790 g/mol. The standard InChI is InChI=1S/C28H21Br4F3N2O2/c1-27(2,14-9-20(29)25(21(30)10-14)38-18-6-3-16(36)4-7-18)15-11-22(31)26(23(32)12-15)39-24-8-5-17(37)13-19(24)28(33,34)35/h3-13H,36-37H2,1-2H3. The van der Waals surface area contributed by atoms with Crippen LogP contribution in [-0.2, 0) is 11.6 Å². The highest BCUT2D eigenvalue weighted by atomic mass is 79.9. The Kier molecular flexibility index (Phi) is 8.66. The van der Waals surface area contributed by atoms with Crippen molar-refractivity contribution in [3.05, 3.63) is 101 Å². The lowest BCUT2D eigenvalue weighted by molar-refractivity contribution is -0.138. The second kappa shape index (κ2) is 11.3. The first-order chi connectivity index (χ1) is 18.2. The third-order valence-corrected chi connectivity index (χ3v) is 8.42. The number of halogens is 7. The molecule has 0 spiro atoms. The van der Waals surface area contributed by atoms with E-state index in [-0.39, 0.29) is 17.2 Å². The van der Waals surface area contributed by atoms with Gasteiger partial charge in [-0.25, -0.2) is 0 Å². The van der Waals surface area contributed by atoms with E-state index >= 15 is 0 Å². The molecule has 11 heteroatoms. The van der Waals surface area contributed by atoms with E-state index in [2.05, 4.69) is 63.7 Å². The molecule has 4 N–H and O–H groups in total. The summed E-state index contributed by atoms with van der Waals surface area (Å²) in [6, 6.07) is 18.1. The number of nitrogens with two attached hydrogens (primary N) is 2. The van der Waals surface area contributed by atoms with E-state index in [0.717, 1.165) is 26.1 Å². The van der Waals surface area contributed by atoms with E-state index in [0.29, 0.717) is 26.1 Å². The Balaban J connectivity index is 1.67. The van der Waals surface area contributed by atoms with Gasteiger partial charge in [-0.05, 0) is 142 Å². The van der Waals surface area contributed by atoms with Crippen LogP contribution in [0.15, 0.2) is 84.6 Å². The zero-order valence-corrected chi connectivity index (χ0v) is 26.8. The molecule has 204 valence electrons. The van der Waals surface area contributed by atoms with Gasteiger partial charge in [0.05, 0.1) is 17.9 Å². The molecule has 0 saturated carbocycles. The van der Waals surface area contributed by atoms with Gasteiger partial charge in [-0.2, -0.15) is 13.2 Å². The average Bonchev–Trinajstić information content (AvgIpc) is 2.84. The summed E-state index contributed by atoms with van der Waals surface area (Å²) >= 11 is 14.2. The number of ether oxygens (including phenoxy) is 2. The van der Waals surface area contributed by atoms with Gasteiger partial charge in [0.1, 0.15) is 17.1 Å². The number of benzene rings is 4. The lowest BCUT2D eigenvalue weighted by Crippen LogP contribution is -2.19. The maximum absolute atomic E-state index is 13.6. The van der Waals surface area contributed by atoms with Crippen molar-refractivity contribution in [3.63, 3.8) is 0 Å². The number of anilines is 2. The summed E-state index contributed by atoms with van der Waals surface area (Å²) in [4.78, 5) is 0. The average molecular weight is 794 g/mol. The van der Waals surface area contributed by atoms with Crippen LogP contribution in [-0.4, -0.2) is 0 Å². The number of alkyl halides is 3. The summed E-state index contributed by atoms with van der Waals surface area (Å²) in [5.41, 5.74) is 12.3. The molecule has 0 aliphatic heterocycles. The van der Waals surface area contributed by atoms with E-state index < -0.39 is 17.2 Å². The zero-order valence-electron chi connectivity index (χ0n) is 20.5. The van der Waals surface area contributed by atoms with Gasteiger partial charge in [-0.3, -0.25) is 0 Å². The minimum Gasteiger partial charge on any atom is -0.455 e. The molecule has 0 aliphatic rings. The predicted octanol–water partition coefficient (Wildman–Crippen LogP) is 10.8. The Morgan fingerprint density at radius 1 is 0.615 bits per heavy atom. The number of nitrogen functional groups attached to an aromatic ring is 2. The van der Waals surface area contributed by atoms with Gasteiger partial charge >= 0.3 is 6.18 Å². The molecule has 0 aliphatic carbocycles. The lowest BCUT2D eigenvalue weighted by Gasteiger charge is -2.28. The van der Waals surface area contributed by atoms with Gasteiger partial charge in [0, 0.05) is 16.8 Å². The highest BCUT2D eigenvalue weighted by Gasteiger charge is 2.35. The second-order valence-corrected chi connectivity index (χ2v) is 12.6. The molecule has 4 aromatic carbocycles. The normalized spacial score (nSPS) is 11.9. The van der Waals surface area contributed by atoms with Crippen LogP contribution in [0.5, 0.6) is 23.0 Å². The van der Waals surface area contributed by atoms with E-state index in [4.69, 9.17) is 20.9 Å². The van der Waals surface area contributed by atoms with Crippen LogP contribution in [0.25, 0.3) is 0 Å². The molecular weight excluding hydrogens is 773 g/mol. The summed E-state index contributed by atoms with van der Waals surface area (Å²) in [6.45, 7) is 4.08. The van der Waals surface area contributed by atoms with Crippen LogP contribution in [0.2, 0.25) is 0 Å². The largest absolute Gasteiger partial charge is 0.455 e. The molecule has 0 heterocycles. The van der Waals surface area contributed by atoms with E-state index in [9.17, 15) is 13.2 Å². The first-order valence-electron chi connectivity index (χ1n) is 11.3. The van der Waals surface area contributed by atoms with E-state index in [1.165, 1.54) is 12.1 Å². The molecule has 0 bridgehead atoms. The molecule has 0 radical (unpaired) electrons. The molecule has 4 rings (SSSR count). The topological polar surface area (TPSA) is 70.5 Å². The fourth-order valence-corrected chi connectivity index (χ4v) is 6.52. The Hall–Kier alpha value is -2.21. The highest BCUT2D eigenvalue weighted by Crippen LogP contribution is 2.47. The smallest absolute Gasteiger partial charge is 0.420 e. The number of rotatable bonds is 6. The van der Waals surface area contributed by atoms with Crippen LogP contribution >= 0.6 is 63.7 Å². The fourth-order valence-electron chi connectivity index (χ4n) is 3.82. The minimum absolute atomic E-state index is 0.00731. The fraction of sp³-hybridized carbons (Fsp3) is 0.143. The molecule has 0 saturated heterocycles. The third-order valence-electron chi connectivity index (χ3n) is 6.06. The van der Waals surface area contributed by atoms with Crippen molar-refractivity contribution < 1.29 is 22.6 Å². The molecule has 39 heavy (non-hydrogen) atoms. The molecule has 0 aromatic heterocycles. The molecular formula is C28H21Br4F3N2O2. The SMILES string of the molecule is CC(C)(c1cc(Br)c(Oc2ccc(N)cc2)c(Br)c1)c1cc(Br)c(Oc2ccc(N)cc2C(F)(F)F)c(Br)c1. The van der Waals surface area contributed by atoms with Gasteiger partial charge in [-0.15, -0.1) is 0 Å².